The van der Waals surface area contributed by atoms with Crippen LogP contribution in [0.25, 0.3) is 21.8 Å². The fourth-order valence-electron chi connectivity index (χ4n) is 5.99. The van der Waals surface area contributed by atoms with Gasteiger partial charge in [-0.1, -0.05) is 0 Å². The molecule has 2 atom stereocenters. The summed E-state index contributed by atoms with van der Waals surface area (Å²) in [5.74, 6) is 0. The SMILES string of the molecule is CC1(c2ccc([N+](=O)[O-])cc2)CO1.Cc1c(C=O)ccc2[nH]c(C#N)cc12.Cc1c(C=O)ccc2c1cc(C#N)n2CC(C)(O)c1ccc([N+](=O)[O-])cc1.O=CO[O-].[H-].[K+].[K+]. The second kappa shape index (κ2) is 23.1. The van der Waals surface area contributed by atoms with E-state index in [1.807, 2.05) is 32.9 Å². The van der Waals surface area contributed by atoms with Gasteiger partial charge < -0.3 is 31.0 Å². The molecule has 1 aliphatic heterocycles. The summed E-state index contributed by atoms with van der Waals surface area (Å²) in [6.45, 7) is 7.84. The number of rotatable bonds is 9. The predicted octanol–water partition coefficient (Wildman–Crippen LogP) is 0.00570. The summed E-state index contributed by atoms with van der Waals surface area (Å²) in [5.41, 5.74) is 5.40. The summed E-state index contributed by atoms with van der Waals surface area (Å²) in [7, 11) is 0. The van der Waals surface area contributed by atoms with Crippen LogP contribution in [0.5, 0.6) is 0 Å². The number of H-pyrrole nitrogens is 1. The second-order valence-corrected chi connectivity index (χ2v) is 13.3. The third kappa shape index (κ3) is 12.6. The molecule has 19 heteroatoms. The molecule has 60 heavy (non-hydrogen) atoms. The number of hydrogen-bond donors (Lipinski definition) is 2. The van der Waals surface area contributed by atoms with Crippen LogP contribution >= 0.6 is 0 Å². The second-order valence-electron chi connectivity index (χ2n) is 13.3. The number of nitrogens with zero attached hydrogens (tertiary/aromatic N) is 5. The van der Waals surface area contributed by atoms with Crippen LogP contribution in [0.4, 0.5) is 11.4 Å². The first-order valence-corrected chi connectivity index (χ1v) is 17.1. The minimum atomic E-state index is -1.36. The van der Waals surface area contributed by atoms with Crippen molar-refractivity contribution >= 4 is 52.2 Å². The summed E-state index contributed by atoms with van der Waals surface area (Å²) < 4.78 is 6.91. The van der Waals surface area contributed by atoms with E-state index in [0.717, 1.165) is 51.1 Å². The molecule has 0 spiro atoms. The first-order valence-electron chi connectivity index (χ1n) is 17.1. The van der Waals surface area contributed by atoms with Gasteiger partial charge in [-0.3, -0.25) is 34.6 Å². The number of hydrogen-bond acceptors (Lipinski definition) is 13. The van der Waals surface area contributed by atoms with E-state index in [1.54, 1.807) is 54.0 Å². The van der Waals surface area contributed by atoms with Gasteiger partial charge in [0.2, 0.25) is 0 Å². The van der Waals surface area contributed by atoms with Crippen LogP contribution in [0.2, 0.25) is 0 Å². The smallest absolute Gasteiger partial charge is 1.00 e. The van der Waals surface area contributed by atoms with E-state index in [-0.39, 0.29) is 134 Å². The normalized spacial score (nSPS) is 14.1. The number of nitro benzene ring substituents is 2. The third-order valence-corrected chi connectivity index (χ3v) is 9.47. The molecule has 0 aliphatic carbocycles. The molecule has 4 aromatic carbocycles. The fraction of sp³-hybridized carbons (Fsp3) is 0.195. The van der Waals surface area contributed by atoms with Crippen LogP contribution in [-0.2, 0) is 32.2 Å². The van der Waals surface area contributed by atoms with E-state index >= 15 is 0 Å². The molecule has 0 saturated carbocycles. The van der Waals surface area contributed by atoms with Crippen molar-refractivity contribution in [1.82, 2.24) is 9.55 Å². The number of fused-ring (bicyclic) bond motifs is 2. The maximum absolute atomic E-state index is 11.2. The number of epoxide rings is 1. The van der Waals surface area contributed by atoms with Crippen molar-refractivity contribution in [3.8, 4) is 12.1 Å². The number of aromatic amines is 1. The average Bonchev–Trinajstić information content (AvgIpc) is 3.67. The number of ether oxygens (including phenoxy) is 1. The molecular weight excluding hydrogens is 831 g/mol. The number of nitro groups is 2. The topological polar surface area (TPSA) is 271 Å². The zero-order valence-electron chi connectivity index (χ0n) is 34.5. The number of carbonyl (C=O) groups is 3. The molecule has 0 radical (unpaired) electrons. The number of aliphatic hydroxyl groups is 1. The van der Waals surface area contributed by atoms with Crippen LogP contribution in [-0.4, -0.2) is 50.2 Å². The van der Waals surface area contributed by atoms with Crippen molar-refractivity contribution in [2.75, 3.05) is 6.61 Å². The molecule has 1 aliphatic rings. The number of nitrogens with one attached hydrogen (secondary N) is 1. The molecule has 6 aromatic rings. The summed E-state index contributed by atoms with van der Waals surface area (Å²) in [4.78, 5) is 56.3. The predicted molar refractivity (Wildman–Crippen MR) is 207 cm³/mol. The van der Waals surface area contributed by atoms with Crippen LogP contribution in [0.15, 0.2) is 84.9 Å². The quantitative estimate of drug-likeness (QED) is 0.0485. The van der Waals surface area contributed by atoms with Gasteiger partial charge in [0.1, 0.15) is 47.3 Å². The molecule has 1 fully saturated rings. The summed E-state index contributed by atoms with van der Waals surface area (Å²) in [6, 6.07) is 26.8. The number of nitriles is 2. The maximum Gasteiger partial charge on any atom is 1.00 e. The Kier molecular flexibility index (Phi) is 19.9. The van der Waals surface area contributed by atoms with E-state index in [0.29, 0.717) is 34.7 Å². The first-order chi connectivity index (χ1) is 27.6. The Morgan fingerprint density at radius 3 is 1.83 bits per heavy atom. The molecule has 7 rings (SSSR count). The Morgan fingerprint density at radius 2 is 1.38 bits per heavy atom. The number of carbonyl (C=O) groups excluding carboxylic acids is 3. The number of aldehydes is 2. The van der Waals surface area contributed by atoms with Gasteiger partial charge in [-0.05, 0) is 111 Å². The third-order valence-electron chi connectivity index (χ3n) is 9.47. The Morgan fingerprint density at radius 1 is 0.883 bits per heavy atom. The van der Waals surface area contributed by atoms with Crippen molar-refractivity contribution < 1.29 is 148 Å². The van der Waals surface area contributed by atoms with Gasteiger partial charge in [0, 0.05) is 57.2 Å². The van der Waals surface area contributed by atoms with Gasteiger partial charge in [0.15, 0.2) is 0 Å². The van der Waals surface area contributed by atoms with Crippen molar-refractivity contribution in [2.45, 2.75) is 45.4 Å². The van der Waals surface area contributed by atoms with Crippen molar-refractivity contribution in [3.63, 3.8) is 0 Å². The van der Waals surface area contributed by atoms with Gasteiger partial charge in [-0.25, -0.2) is 0 Å². The van der Waals surface area contributed by atoms with Gasteiger partial charge >= 0.3 is 103 Å². The van der Waals surface area contributed by atoms with Gasteiger partial charge in [0.05, 0.1) is 23.0 Å². The summed E-state index contributed by atoms with van der Waals surface area (Å²) in [6.07, 6.45) is 1.60. The zero-order chi connectivity index (χ0) is 42.8. The minimum Gasteiger partial charge on any atom is -1.00 e. The Hall–Kier alpha value is -4.30. The molecule has 2 unspecified atom stereocenters. The monoisotopic (exact) mass is 866 g/mol. The van der Waals surface area contributed by atoms with E-state index in [1.165, 1.54) is 36.4 Å². The maximum atomic E-state index is 11.2. The van der Waals surface area contributed by atoms with Crippen LogP contribution in [0.3, 0.4) is 0 Å². The molecule has 17 nitrogen and oxygen atoms in total. The summed E-state index contributed by atoms with van der Waals surface area (Å²) in [5, 5.41) is 60.5. The largest absolute Gasteiger partial charge is 1.00 e. The molecule has 2 N–H and O–H groups in total. The Labute approximate surface area is 429 Å². The molecule has 0 amide bonds. The summed E-state index contributed by atoms with van der Waals surface area (Å²) >= 11 is 0. The fourth-order valence-corrected chi connectivity index (χ4v) is 5.99. The molecular formula is C41H36K2N6O11. The molecule has 298 valence electrons. The van der Waals surface area contributed by atoms with Gasteiger partial charge in [-0.15, -0.1) is 0 Å². The average molecular weight is 867 g/mol. The van der Waals surface area contributed by atoms with E-state index in [4.69, 9.17) is 20.1 Å². The van der Waals surface area contributed by atoms with E-state index in [2.05, 4.69) is 15.9 Å². The number of aromatic nitrogens is 2. The van der Waals surface area contributed by atoms with Crippen LogP contribution in [0, 0.1) is 56.7 Å². The minimum absolute atomic E-state index is 0. The first kappa shape index (κ1) is 51.8. The van der Waals surface area contributed by atoms with Gasteiger partial charge in [0.25, 0.3) is 17.8 Å². The van der Waals surface area contributed by atoms with Crippen LogP contribution in [0.1, 0.15) is 69.6 Å². The Bertz CT molecular complexity index is 2590. The zero-order valence-corrected chi connectivity index (χ0v) is 39.7. The Balaban J connectivity index is 0.000000462. The van der Waals surface area contributed by atoms with Crippen molar-refractivity contribution in [1.29, 1.82) is 10.5 Å². The molecule has 2 aromatic heterocycles. The van der Waals surface area contributed by atoms with Gasteiger partial charge in [-0.2, -0.15) is 10.5 Å². The number of benzene rings is 4. The van der Waals surface area contributed by atoms with Crippen molar-refractivity contribution in [3.05, 3.63) is 150 Å². The molecule has 1 saturated heterocycles. The van der Waals surface area contributed by atoms with Crippen molar-refractivity contribution in [2.24, 2.45) is 0 Å². The van der Waals surface area contributed by atoms with Crippen LogP contribution < -0.4 is 108 Å². The number of aryl methyl sites for hydroxylation is 2. The van der Waals surface area contributed by atoms with E-state index < -0.39 is 15.4 Å². The number of non-ortho nitro benzene ring substituents is 2. The molecule has 0 bridgehead atoms. The van der Waals surface area contributed by atoms with E-state index in [9.17, 15) is 40.2 Å². The molecule has 3 heterocycles. The standard InChI is InChI=1S/C20H17N3O4.C11H8N2O.C9H9NO3.CH2O3.2K.H/c1-13-14(11-24)3-8-19-18(13)9-17(10-21)22(19)12-20(2,25)15-4-6-16(7-5-15)23(26)27;1-7-8(6-14)2-3-11-10(7)4-9(5-12)13-11;1-9(6-13-9)7-2-4-8(5-3-7)10(11)12;2-1-4-3;;;/h3-9,11,25H,12H2,1-2H3;2-4,6,13H,1H3;2-5H,6H2,1H3;1,3H;;;/q;;;;2*+1;-1/p-1.